The first-order chi connectivity index (χ1) is 5.91. The molecule has 0 spiro atoms. The average molecular weight is 447 g/mol. The number of carbonyl (C=O) groups is 3. The molecule has 0 fully saturated rings. The Kier molecular flexibility index (Phi) is 13.6. The van der Waals surface area contributed by atoms with Crippen LogP contribution in [0.1, 0.15) is 0 Å². The molecule has 15 heavy (non-hydrogen) atoms. The van der Waals surface area contributed by atoms with Gasteiger partial charge in [0.05, 0.1) is 19.6 Å². The third-order valence-electron chi connectivity index (χ3n) is 1.08. The fourth-order valence-electron chi connectivity index (χ4n) is 0.742. The van der Waals surface area contributed by atoms with Crippen LogP contribution in [0.5, 0.6) is 0 Å². The van der Waals surface area contributed by atoms with Crippen molar-refractivity contribution in [3.8, 4) is 0 Å². The Labute approximate surface area is 111 Å². The monoisotopic (exact) mass is 446 g/mol. The Morgan fingerprint density at radius 1 is 0.800 bits per heavy atom. The van der Waals surface area contributed by atoms with Gasteiger partial charge >= 0.3 is 17.9 Å². The molecule has 0 saturated heterocycles. The summed E-state index contributed by atoms with van der Waals surface area (Å²) in [5, 5.41) is 24.8. The summed E-state index contributed by atoms with van der Waals surface area (Å²) in [4.78, 5) is 31.2. The Balaban J connectivity index is -0.000000720. The van der Waals surface area contributed by atoms with Gasteiger partial charge in [-0.15, -0.1) is 0 Å². The van der Waals surface area contributed by atoms with E-state index in [1.807, 2.05) is 0 Å². The minimum Gasteiger partial charge on any atom is -0.480 e. The molecule has 3 N–H and O–H groups in total. The second-order valence-electron chi connectivity index (χ2n) is 2.33. The molecule has 0 aromatic heterocycles. The van der Waals surface area contributed by atoms with Crippen molar-refractivity contribution < 1.29 is 68.6 Å². The summed E-state index contributed by atoms with van der Waals surface area (Å²) in [6.07, 6.45) is 0. The van der Waals surface area contributed by atoms with Crippen LogP contribution in [0.4, 0.5) is 0 Å². The van der Waals surface area contributed by atoms with Crippen molar-refractivity contribution in [2.24, 2.45) is 0 Å². The molecule has 95 valence electrons. The summed E-state index contributed by atoms with van der Waals surface area (Å²) in [5.74, 6) is -3.78. The predicted molar refractivity (Wildman–Crippen MR) is 39.3 cm³/mol. The molecule has 0 atom stereocenters. The van der Waals surface area contributed by atoms with Gasteiger partial charge in [0.25, 0.3) is 0 Å². The summed E-state index contributed by atoms with van der Waals surface area (Å²) < 4.78 is 0. The average Bonchev–Trinajstić information content (AvgIpc) is 1.80. The van der Waals surface area contributed by atoms with Gasteiger partial charge < -0.3 is 15.3 Å². The molecule has 9 heteroatoms. The SMILES string of the molecule is O=C(O)CN(CC(=O)O)CC(=O)O.[Au].[Ni]. The standard InChI is InChI=1S/C6H9NO6.Au.Ni/c8-4(9)1-7(2-5(10)11)3-6(12)13;;/h1-3H2,(H,8,9)(H,10,11)(H,12,13);;. The predicted octanol–water partition coefficient (Wildman–Crippen LogP) is -1.46. The number of rotatable bonds is 6. The number of carboxylic acid groups (broad SMARTS) is 3. The Morgan fingerprint density at radius 3 is 1.13 bits per heavy atom. The van der Waals surface area contributed by atoms with Gasteiger partial charge in [-0.2, -0.15) is 0 Å². The van der Waals surface area contributed by atoms with E-state index >= 15 is 0 Å². The number of hydrogen-bond acceptors (Lipinski definition) is 4. The fourth-order valence-corrected chi connectivity index (χ4v) is 0.742. The van der Waals surface area contributed by atoms with E-state index in [1.165, 1.54) is 0 Å². The van der Waals surface area contributed by atoms with Gasteiger partial charge in [0.2, 0.25) is 0 Å². The van der Waals surface area contributed by atoms with Crippen LogP contribution >= 0.6 is 0 Å². The first-order valence-corrected chi connectivity index (χ1v) is 3.29. The minimum atomic E-state index is -1.26. The van der Waals surface area contributed by atoms with Gasteiger partial charge in [0, 0.05) is 38.9 Å². The van der Waals surface area contributed by atoms with Gasteiger partial charge in [-0.25, -0.2) is 0 Å². The van der Waals surface area contributed by atoms with Gasteiger partial charge in [-0.1, -0.05) is 0 Å². The molecule has 1 radical (unpaired) electrons. The van der Waals surface area contributed by atoms with Gasteiger partial charge in [0.15, 0.2) is 0 Å². The van der Waals surface area contributed by atoms with Gasteiger partial charge in [-0.3, -0.25) is 19.3 Å². The Bertz CT molecular complexity index is 198. The molecule has 0 amide bonds. The molecule has 0 bridgehead atoms. The van der Waals surface area contributed by atoms with Crippen molar-refractivity contribution in [2.75, 3.05) is 19.6 Å². The molecular formula is C6H9AuNNiO6. The molecule has 0 unspecified atom stereocenters. The van der Waals surface area contributed by atoms with Crippen molar-refractivity contribution >= 4 is 17.9 Å². The summed E-state index contributed by atoms with van der Waals surface area (Å²) >= 11 is 0. The van der Waals surface area contributed by atoms with Crippen LogP contribution in [-0.2, 0) is 53.3 Å². The van der Waals surface area contributed by atoms with Crippen LogP contribution in [-0.4, -0.2) is 57.8 Å². The molecule has 0 saturated carbocycles. The summed E-state index contributed by atoms with van der Waals surface area (Å²) in [7, 11) is 0. The van der Waals surface area contributed by atoms with Crippen LogP contribution in [0, 0.1) is 0 Å². The van der Waals surface area contributed by atoms with E-state index in [-0.39, 0.29) is 38.9 Å². The normalized spacial score (nSPS) is 8.60. The molecule has 0 aromatic carbocycles. The molecule has 0 aliphatic heterocycles. The van der Waals surface area contributed by atoms with Crippen molar-refractivity contribution in [1.82, 2.24) is 4.90 Å². The number of hydrogen-bond donors (Lipinski definition) is 3. The van der Waals surface area contributed by atoms with Crippen molar-refractivity contribution in [2.45, 2.75) is 0 Å². The van der Waals surface area contributed by atoms with Crippen LogP contribution in [0.25, 0.3) is 0 Å². The second-order valence-corrected chi connectivity index (χ2v) is 2.33. The molecule has 7 nitrogen and oxygen atoms in total. The molecule has 0 heterocycles. The van der Waals surface area contributed by atoms with Crippen LogP contribution in [0.15, 0.2) is 0 Å². The summed E-state index contributed by atoms with van der Waals surface area (Å²) in [5.41, 5.74) is 0. The van der Waals surface area contributed by atoms with E-state index in [0.717, 1.165) is 4.90 Å². The van der Waals surface area contributed by atoms with Crippen molar-refractivity contribution in [3.05, 3.63) is 0 Å². The maximum atomic E-state index is 10.1. The number of carboxylic acids is 3. The molecule has 0 aromatic rings. The van der Waals surface area contributed by atoms with E-state index < -0.39 is 37.5 Å². The zero-order valence-electron chi connectivity index (χ0n) is 7.25. The first kappa shape index (κ1) is 20.1. The Morgan fingerprint density at radius 2 is 1.00 bits per heavy atom. The van der Waals surface area contributed by atoms with Gasteiger partial charge in [0.1, 0.15) is 0 Å². The van der Waals surface area contributed by atoms with E-state index in [1.54, 1.807) is 0 Å². The third-order valence-corrected chi connectivity index (χ3v) is 1.08. The van der Waals surface area contributed by atoms with Crippen molar-refractivity contribution in [3.63, 3.8) is 0 Å². The van der Waals surface area contributed by atoms with E-state index in [9.17, 15) is 14.4 Å². The van der Waals surface area contributed by atoms with Gasteiger partial charge in [-0.05, 0) is 0 Å². The molecule has 0 aliphatic rings. The van der Waals surface area contributed by atoms with E-state index in [2.05, 4.69) is 0 Å². The maximum absolute atomic E-state index is 10.1. The zero-order valence-corrected chi connectivity index (χ0v) is 10.4. The molecule has 0 rings (SSSR count). The van der Waals surface area contributed by atoms with Crippen LogP contribution < -0.4 is 0 Å². The largest absolute Gasteiger partial charge is 0.480 e. The van der Waals surface area contributed by atoms with Crippen LogP contribution in [0.2, 0.25) is 0 Å². The van der Waals surface area contributed by atoms with Crippen LogP contribution in [0.3, 0.4) is 0 Å². The molecular weight excluding hydrogens is 438 g/mol. The summed E-state index contributed by atoms with van der Waals surface area (Å²) in [6.45, 7) is -1.80. The quantitative estimate of drug-likeness (QED) is 0.427. The molecule has 0 aliphatic carbocycles. The second kappa shape index (κ2) is 10.1. The third kappa shape index (κ3) is 13.6. The smallest absolute Gasteiger partial charge is 0.317 e. The number of aliphatic carboxylic acids is 3. The van der Waals surface area contributed by atoms with E-state index in [4.69, 9.17) is 15.3 Å². The van der Waals surface area contributed by atoms with E-state index in [0.29, 0.717) is 0 Å². The Hall–Kier alpha value is -0.396. The fraction of sp³-hybridized carbons (Fsp3) is 0.500. The van der Waals surface area contributed by atoms with Crippen molar-refractivity contribution in [1.29, 1.82) is 0 Å². The topological polar surface area (TPSA) is 115 Å². The number of nitrogens with zero attached hydrogens (tertiary/aromatic N) is 1. The zero-order chi connectivity index (χ0) is 10.4. The minimum absolute atomic E-state index is 0. The summed E-state index contributed by atoms with van der Waals surface area (Å²) in [6, 6.07) is 0. The first-order valence-electron chi connectivity index (χ1n) is 3.29. The maximum Gasteiger partial charge on any atom is 0.317 e.